The highest BCUT2D eigenvalue weighted by Crippen LogP contribution is 2.08. The summed E-state index contributed by atoms with van der Waals surface area (Å²) in [6.07, 6.45) is 3.09. The van der Waals surface area contributed by atoms with Crippen molar-refractivity contribution in [2.45, 2.75) is 39.2 Å². The van der Waals surface area contributed by atoms with E-state index in [1.54, 1.807) is 0 Å². The summed E-state index contributed by atoms with van der Waals surface area (Å²) in [5.74, 6) is 5.52. The largest absolute Gasteiger partial charge is 0.380 e. The number of nitrogens with one attached hydrogen (secondary N) is 1. The van der Waals surface area contributed by atoms with Gasteiger partial charge >= 0.3 is 0 Å². The molecular formula is C14H24N2O. The van der Waals surface area contributed by atoms with Crippen LogP contribution < -0.4 is 11.3 Å². The summed E-state index contributed by atoms with van der Waals surface area (Å²) in [4.78, 5) is 0. The minimum Gasteiger partial charge on any atom is -0.380 e. The zero-order valence-electron chi connectivity index (χ0n) is 10.9. The van der Waals surface area contributed by atoms with E-state index in [1.165, 1.54) is 11.1 Å². The SMILES string of the molecule is CCCOCC(CCc1cccc(C)c1)NN. The Bertz CT molecular complexity index is 315. The van der Waals surface area contributed by atoms with Crippen LogP contribution in [-0.2, 0) is 11.2 Å². The zero-order chi connectivity index (χ0) is 12.5. The molecule has 0 aliphatic carbocycles. The van der Waals surface area contributed by atoms with Gasteiger partial charge in [-0.3, -0.25) is 11.3 Å². The third-order valence-electron chi connectivity index (χ3n) is 2.77. The van der Waals surface area contributed by atoms with Crippen LogP contribution in [0.1, 0.15) is 30.9 Å². The second-order valence-electron chi connectivity index (χ2n) is 4.47. The molecule has 3 heteroatoms. The maximum atomic E-state index is 5.52. The number of benzene rings is 1. The summed E-state index contributed by atoms with van der Waals surface area (Å²) in [5.41, 5.74) is 5.49. The molecule has 96 valence electrons. The second-order valence-corrected chi connectivity index (χ2v) is 4.47. The van der Waals surface area contributed by atoms with Crippen LogP contribution in [0.25, 0.3) is 0 Å². The molecule has 1 rings (SSSR count). The van der Waals surface area contributed by atoms with Gasteiger partial charge in [0.25, 0.3) is 0 Å². The second kappa shape index (κ2) is 8.23. The molecule has 1 aromatic carbocycles. The Morgan fingerprint density at radius 3 is 2.88 bits per heavy atom. The van der Waals surface area contributed by atoms with Crippen LogP contribution in [-0.4, -0.2) is 19.3 Å². The van der Waals surface area contributed by atoms with E-state index in [0.717, 1.165) is 25.9 Å². The normalized spacial score (nSPS) is 12.6. The summed E-state index contributed by atoms with van der Waals surface area (Å²) in [6, 6.07) is 8.84. The minimum absolute atomic E-state index is 0.238. The molecule has 17 heavy (non-hydrogen) atoms. The van der Waals surface area contributed by atoms with E-state index in [4.69, 9.17) is 10.6 Å². The van der Waals surface area contributed by atoms with Crippen LogP contribution in [0, 0.1) is 6.92 Å². The number of hydrogen-bond acceptors (Lipinski definition) is 3. The molecule has 0 saturated carbocycles. The van der Waals surface area contributed by atoms with Crippen LogP contribution in [0.15, 0.2) is 24.3 Å². The van der Waals surface area contributed by atoms with Crippen LogP contribution in [0.4, 0.5) is 0 Å². The molecule has 3 nitrogen and oxygen atoms in total. The molecule has 1 unspecified atom stereocenters. The Hall–Kier alpha value is -0.900. The first-order valence-corrected chi connectivity index (χ1v) is 6.35. The molecule has 1 aromatic rings. The van der Waals surface area contributed by atoms with Gasteiger partial charge in [-0.05, 0) is 31.7 Å². The van der Waals surface area contributed by atoms with Crippen molar-refractivity contribution in [3.05, 3.63) is 35.4 Å². The predicted octanol–water partition coefficient (Wildman–Crippen LogP) is 2.19. The highest BCUT2D eigenvalue weighted by molar-refractivity contribution is 5.22. The fourth-order valence-electron chi connectivity index (χ4n) is 1.79. The highest BCUT2D eigenvalue weighted by Gasteiger charge is 2.06. The monoisotopic (exact) mass is 236 g/mol. The van der Waals surface area contributed by atoms with Gasteiger partial charge in [0.2, 0.25) is 0 Å². The molecule has 0 radical (unpaired) electrons. The van der Waals surface area contributed by atoms with Crippen molar-refractivity contribution in [1.82, 2.24) is 5.43 Å². The van der Waals surface area contributed by atoms with E-state index < -0.39 is 0 Å². The van der Waals surface area contributed by atoms with Crippen molar-refractivity contribution in [2.24, 2.45) is 5.84 Å². The first-order valence-electron chi connectivity index (χ1n) is 6.35. The fraction of sp³-hybridized carbons (Fsp3) is 0.571. The molecule has 0 aliphatic rings. The van der Waals surface area contributed by atoms with Gasteiger partial charge in [-0.25, -0.2) is 0 Å². The van der Waals surface area contributed by atoms with Gasteiger partial charge < -0.3 is 4.74 Å². The molecule has 0 aliphatic heterocycles. The Morgan fingerprint density at radius 2 is 2.24 bits per heavy atom. The molecule has 0 fully saturated rings. The molecule has 0 spiro atoms. The molecule has 1 atom stereocenters. The molecule has 0 heterocycles. The molecule has 0 bridgehead atoms. The summed E-state index contributed by atoms with van der Waals surface area (Å²) in [5, 5.41) is 0. The van der Waals surface area contributed by atoms with E-state index in [9.17, 15) is 0 Å². The lowest BCUT2D eigenvalue weighted by Gasteiger charge is -2.15. The van der Waals surface area contributed by atoms with Gasteiger partial charge in [0.05, 0.1) is 6.61 Å². The lowest BCUT2D eigenvalue weighted by atomic mass is 10.0. The average Bonchev–Trinajstić information content (AvgIpc) is 2.34. The molecular weight excluding hydrogens is 212 g/mol. The van der Waals surface area contributed by atoms with E-state index >= 15 is 0 Å². The van der Waals surface area contributed by atoms with Crippen LogP contribution in [0.2, 0.25) is 0 Å². The number of hydrazine groups is 1. The third kappa shape index (κ3) is 5.82. The Kier molecular flexibility index (Phi) is 6.86. The van der Waals surface area contributed by atoms with Gasteiger partial charge in [0, 0.05) is 12.6 Å². The predicted molar refractivity (Wildman–Crippen MR) is 71.7 cm³/mol. The van der Waals surface area contributed by atoms with Gasteiger partial charge in [0.1, 0.15) is 0 Å². The van der Waals surface area contributed by atoms with E-state index in [2.05, 4.69) is 43.5 Å². The van der Waals surface area contributed by atoms with E-state index in [0.29, 0.717) is 6.61 Å². The standard InChI is InChI=1S/C14H24N2O/c1-3-9-17-11-14(16-15)8-7-13-6-4-5-12(2)10-13/h4-6,10,14,16H,3,7-9,11,15H2,1-2H3. The van der Waals surface area contributed by atoms with E-state index in [1.807, 2.05) is 0 Å². The lowest BCUT2D eigenvalue weighted by molar-refractivity contribution is 0.109. The van der Waals surface area contributed by atoms with Crippen molar-refractivity contribution in [2.75, 3.05) is 13.2 Å². The number of ether oxygens (including phenoxy) is 1. The number of rotatable bonds is 8. The highest BCUT2D eigenvalue weighted by atomic mass is 16.5. The number of nitrogens with two attached hydrogens (primary N) is 1. The van der Waals surface area contributed by atoms with Gasteiger partial charge in [-0.2, -0.15) is 0 Å². The van der Waals surface area contributed by atoms with Crippen LogP contribution in [0.5, 0.6) is 0 Å². The molecule has 0 aromatic heterocycles. The fourth-order valence-corrected chi connectivity index (χ4v) is 1.79. The maximum absolute atomic E-state index is 5.52. The minimum atomic E-state index is 0.238. The van der Waals surface area contributed by atoms with Gasteiger partial charge in [0.15, 0.2) is 0 Å². The van der Waals surface area contributed by atoms with Gasteiger partial charge in [-0.15, -0.1) is 0 Å². The van der Waals surface area contributed by atoms with Gasteiger partial charge in [-0.1, -0.05) is 36.8 Å². The molecule has 3 N–H and O–H groups in total. The summed E-state index contributed by atoms with van der Waals surface area (Å²) >= 11 is 0. The van der Waals surface area contributed by atoms with Crippen LogP contribution in [0.3, 0.4) is 0 Å². The van der Waals surface area contributed by atoms with Crippen molar-refractivity contribution in [1.29, 1.82) is 0 Å². The smallest absolute Gasteiger partial charge is 0.0633 e. The topological polar surface area (TPSA) is 47.3 Å². The lowest BCUT2D eigenvalue weighted by Crippen LogP contribution is -2.39. The first-order chi connectivity index (χ1) is 8.26. The van der Waals surface area contributed by atoms with Crippen molar-refractivity contribution in [3.8, 4) is 0 Å². The van der Waals surface area contributed by atoms with E-state index in [-0.39, 0.29) is 6.04 Å². The maximum Gasteiger partial charge on any atom is 0.0633 e. The molecule has 0 saturated heterocycles. The van der Waals surface area contributed by atoms with Crippen molar-refractivity contribution in [3.63, 3.8) is 0 Å². The Morgan fingerprint density at radius 1 is 1.41 bits per heavy atom. The average molecular weight is 236 g/mol. The number of aryl methyl sites for hydroxylation is 2. The van der Waals surface area contributed by atoms with Crippen LogP contribution >= 0.6 is 0 Å². The quantitative estimate of drug-likeness (QED) is 0.413. The summed E-state index contributed by atoms with van der Waals surface area (Å²) < 4.78 is 5.51. The zero-order valence-corrected chi connectivity index (χ0v) is 10.9. The molecule has 0 amide bonds. The Labute approximate surface area is 104 Å². The first kappa shape index (κ1) is 14.2. The number of hydrogen-bond donors (Lipinski definition) is 2. The summed E-state index contributed by atoms with van der Waals surface area (Å²) in [6.45, 7) is 5.73. The van der Waals surface area contributed by atoms with Crippen molar-refractivity contribution >= 4 is 0 Å². The summed E-state index contributed by atoms with van der Waals surface area (Å²) in [7, 11) is 0. The third-order valence-corrected chi connectivity index (χ3v) is 2.77. The Balaban J connectivity index is 2.31. The van der Waals surface area contributed by atoms with Crippen molar-refractivity contribution < 1.29 is 4.74 Å².